The van der Waals surface area contributed by atoms with Gasteiger partial charge in [-0.1, -0.05) is 0 Å². The summed E-state index contributed by atoms with van der Waals surface area (Å²) in [5.41, 5.74) is 7.11. The van der Waals surface area contributed by atoms with Crippen molar-refractivity contribution in [2.24, 2.45) is 0 Å². The van der Waals surface area contributed by atoms with Crippen molar-refractivity contribution >= 4 is 17.3 Å². The zero-order valence-corrected chi connectivity index (χ0v) is 10.4. The van der Waals surface area contributed by atoms with Crippen LogP contribution in [0.4, 0.5) is 11.4 Å². The highest BCUT2D eigenvalue weighted by molar-refractivity contribution is 5.90. The number of rotatable bonds is 3. The van der Waals surface area contributed by atoms with E-state index in [0.717, 1.165) is 19.4 Å². The minimum Gasteiger partial charge on any atom is -0.478 e. The molecule has 5 heteroatoms. The van der Waals surface area contributed by atoms with Crippen LogP contribution in [0.25, 0.3) is 0 Å². The maximum absolute atomic E-state index is 10.9. The van der Waals surface area contributed by atoms with Crippen LogP contribution in [0.1, 0.15) is 30.1 Å². The van der Waals surface area contributed by atoms with Gasteiger partial charge in [0.1, 0.15) is 0 Å². The Balaban J connectivity index is 2.22. The van der Waals surface area contributed by atoms with E-state index in [1.807, 2.05) is 0 Å². The number of carbonyl (C=O) groups is 1. The molecule has 0 spiro atoms. The van der Waals surface area contributed by atoms with Crippen LogP contribution in [-0.4, -0.2) is 29.8 Å². The van der Waals surface area contributed by atoms with Gasteiger partial charge < -0.3 is 20.9 Å². The maximum Gasteiger partial charge on any atom is 0.335 e. The predicted octanol–water partition coefficient (Wildman–Crippen LogP) is 1.95. The number of anilines is 2. The second-order valence-electron chi connectivity index (χ2n) is 4.95. The van der Waals surface area contributed by atoms with Crippen molar-refractivity contribution in [3.8, 4) is 0 Å². The smallest absolute Gasteiger partial charge is 0.335 e. The first-order valence-corrected chi connectivity index (χ1v) is 5.99. The van der Waals surface area contributed by atoms with E-state index in [4.69, 9.17) is 15.6 Å². The number of ether oxygens (including phenoxy) is 1. The van der Waals surface area contributed by atoms with Gasteiger partial charge in [0.2, 0.25) is 0 Å². The summed E-state index contributed by atoms with van der Waals surface area (Å²) in [6, 6.07) is 4.68. The Labute approximate surface area is 106 Å². The van der Waals surface area contributed by atoms with E-state index >= 15 is 0 Å². The van der Waals surface area contributed by atoms with Gasteiger partial charge in [0.15, 0.2) is 0 Å². The van der Waals surface area contributed by atoms with Gasteiger partial charge in [0.05, 0.1) is 29.1 Å². The molecule has 1 aromatic carbocycles. The van der Waals surface area contributed by atoms with Crippen LogP contribution < -0.4 is 11.1 Å². The summed E-state index contributed by atoms with van der Waals surface area (Å²) >= 11 is 0. The van der Waals surface area contributed by atoms with Crippen molar-refractivity contribution in [2.45, 2.75) is 25.3 Å². The molecular formula is C13H18N2O3. The molecule has 5 nitrogen and oxygen atoms in total. The highest BCUT2D eigenvalue weighted by Crippen LogP contribution is 2.28. The molecule has 0 amide bonds. The van der Waals surface area contributed by atoms with Crippen molar-refractivity contribution in [1.82, 2.24) is 0 Å². The number of nitrogen functional groups attached to an aromatic ring is 1. The predicted molar refractivity (Wildman–Crippen MR) is 69.9 cm³/mol. The summed E-state index contributed by atoms with van der Waals surface area (Å²) in [5, 5.41) is 12.3. The topological polar surface area (TPSA) is 84.6 Å². The van der Waals surface area contributed by atoms with E-state index in [0.29, 0.717) is 18.0 Å². The lowest BCUT2D eigenvalue weighted by molar-refractivity contribution is 0.0540. The second-order valence-corrected chi connectivity index (χ2v) is 4.95. The Kier molecular flexibility index (Phi) is 3.43. The van der Waals surface area contributed by atoms with Gasteiger partial charge in [-0.3, -0.25) is 0 Å². The zero-order valence-electron chi connectivity index (χ0n) is 10.4. The van der Waals surface area contributed by atoms with E-state index in [-0.39, 0.29) is 11.1 Å². The molecule has 0 aliphatic carbocycles. The van der Waals surface area contributed by atoms with E-state index in [9.17, 15) is 4.79 Å². The molecule has 1 unspecified atom stereocenters. The third-order valence-electron chi connectivity index (χ3n) is 3.17. The van der Waals surface area contributed by atoms with Crippen molar-refractivity contribution < 1.29 is 14.6 Å². The summed E-state index contributed by atoms with van der Waals surface area (Å²) in [4.78, 5) is 10.9. The number of nitrogens with one attached hydrogen (secondary N) is 1. The highest BCUT2D eigenvalue weighted by Gasteiger charge is 2.28. The molecule has 1 aromatic rings. The van der Waals surface area contributed by atoms with Gasteiger partial charge in [0, 0.05) is 6.61 Å². The van der Waals surface area contributed by atoms with E-state index < -0.39 is 5.97 Å². The molecule has 0 aromatic heterocycles. The molecule has 1 fully saturated rings. The number of hydrogen-bond donors (Lipinski definition) is 3. The third kappa shape index (κ3) is 2.73. The van der Waals surface area contributed by atoms with Gasteiger partial charge in [-0.2, -0.15) is 0 Å². The molecule has 1 aliphatic heterocycles. The molecule has 0 bridgehead atoms. The van der Waals surface area contributed by atoms with Crippen LogP contribution >= 0.6 is 0 Å². The molecule has 98 valence electrons. The molecule has 0 radical (unpaired) electrons. The van der Waals surface area contributed by atoms with Crippen LogP contribution in [0.3, 0.4) is 0 Å². The number of aromatic carboxylic acids is 1. The van der Waals surface area contributed by atoms with Crippen molar-refractivity contribution in [3.05, 3.63) is 23.8 Å². The molecule has 1 saturated heterocycles. The first kappa shape index (κ1) is 12.7. The van der Waals surface area contributed by atoms with E-state index in [1.54, 1.807) is 12.1 Å². The quantitative estimate of drug-likeness (QED) is 0.714. The van der Waals surface area contributed by atoms with Gasteiger partial charge in [-0.25, -0.2) is 4.79 Å². The number of hydrogen-bond acceptors (Lipinski definition) is 4. The molecule has 2 rings (SSSR count). The number of carboxylic acids is 1. The Morgan fingerprint density at radius 2 is 2.33 bits per heavy atom. The normalized spacial score (nSPS) is 23.6. The zero-order chi connectivity index (χ0) is 13.2. The van der Waals surface area contributed by atoms with Gasteiger partial charge >= 0.3 is 5.97 Å². The molecule has 1 atom stereocenters. The lowest BCUT2D eigenvalue weighted by Crippen LogP contribution is -2.43. The van der Waals surface area contributed by atoms with Gasteiger partial charge in [-0.05, 0) is 38.0 Å². The minimum absolute atomic E-state index is 0.191. The number of benzene rings is 1. The first-order chi connectivity index (χ1) is 8.50. The lowest BCUT2D eigenvalue weighted by atomic mass is 9.94. The average molecular weight is 250 g/mol. The standard InChI is InChI=1S/C13H18N2O3/c1-13(5-2-6-18-8-13)15-11-7-9(12(16)17)3-4-10(11)14/h3-4,7,15H,2,5-6,8,14H2,1H3,(H,16,17). The Hall–Kier alpha value is -1.75. The van der Waals surface area contributed by atoms with Crippen LogP contribution in [0, 0.1) is 0 Å². The first-order valence-electron chi connectivity index (χ1n) is 5.99. The highest BCUT2D eigenvalue weighted by atomic mass is 16.5. The fourth-order valence-electron chi connectivity index (χ4n) is 2.16. The molecule has 0 saturated carbocycles. The second kappa shape index (κ2) is 4.86. The Bertz CT molecular complexity index is 454. The maximum atomic E-state index is 10.9. The van der Waals surface area contributed by atoms with E-state index in [2.05, 4.69) is 12.2 Å². The lowest BCUT2D eigenvalue weighted by Gasteiger charge is -2.35. The van der Waals surface area contributed by atoms with E-state index in [1.165, 1.54) is 6.07 Å². The summed E-state index contributed by atoms with van der Waals surface area (Å²) in [6.07, 6.45) is 1.96. The van der Waals surface area contributed by atoms with Gasteiger partial charge in [-0.15, -0.1) is 0 Å². The molecule has 4 N–H and O–H groups in total. The summed E-state index contributed by atoms with van der Waals surface area (Å²) in [5.74, 6) is -0.955. The summed E-state index contributed by atoms with van der Waals surface area (Å²) in [6.45, 7) is 3.44. The monoisotopic (exact) mass is 250 g/mol. The molecule has 1 heterocycles. The average Bonchev–Trinajstić information content (AvgIpc) is 2.32. The molecule has 1 aliphatic rings. The Morgan fingerprint density at radius 1 is 1.56 bits per heavy atom. The number of carboxylic acid groups (broad SMARTS) is 1. The SMILES string of the molecule is CC1(Nc2cc(C(=O)O)ccc2N)CCCOC1. The number of nitrogens with two attached hydrogens (primary N) is 1. The van der Waals surface area contributed by atoms with Crippen molar-refractivity contribution in [2.75, 3.05) is 24.3 Å². The van der Waals surface area contributed by atoms with Gasteiger partial charge in [0.25, 0.3) is 0 Å². The molecular weight excluding hydrogens is 232 g/mol. The summed E-state index contributed by atoms with van der Waals surface area (Å²) < 4.78 is 5.46. The van der Waals surface area contributed by atoms with Crippen LogP contribution in [0.15, 0.2) is 18.2 Å². The molecule has 18 heavy (non-hydrogen) atoms. The Morgan fingerprint density at radius 3 is 2.94 bits per heavy atom. The summed E-state index contributed by atoms with van der Waals surface area (Å²) in [7, 11) is 0. The van der Waals surface area contributed by atoms with Crippen LogP contribution in [0.2, 0.25) is 0 Å². The fourth-order valence-corrected chi connectivity index (χ4v) is 2.16. The van der Waals surface area contributed by atoms with Crippen LogP contribution in [-0.2, 0) is 4.74 Å². The van der Waals surface area contributed by atoms with Crippen molar-refractivity contribution in [3.63, 3.8) is 0 Å². The minimum atomic E-state index is -0.955. The van der Waals surface area contributed by atoms with Crippen molar-refractivity contribution in [1.29, 1.82) is 0 Å². The largest absolute Gasteiger partial charge is 0.478 e. The van der Waals surface area contributed by atoms with Crippen LogP contribution in [0.5, 0.6) is 0 Å². The third-order valence-corrected chi connectivity index (χ3v) is 3.17. The fraction of sp³-hybridized carbons (Fsp3) is 0.462.